The molecule has 148 valence electrons. The molecule has 0 saturated heterocycles. The van der Waals surface area contributed by atoms with Crippen molar-refractivity contribution in [1.29, 1.82) is 0 Å². The van der Waals surface area contributed by atoms with Gasteiger partial charge < -0.3 is 24.5 Å². The molecule has 7 nitrogen and oxygen atoms in total. The number of methoxy groups -OCH3 is 1. The van der Waals surface area contributed by atoms with Gasteiger partial charge in [-0.3, -0.25) is 4.99 Å². The lowest BCUT2D eigenvalue weighted by molar-refractivity contribution is 0.311. The number of aliphatic imine (C=N–C) groups is 1. The van der Waals surface area contributed by atoms with Gasteiger partial charge in [0.1, 0.15) is 5.65 Å². The first-order chi connectivity index (χ1) is 13.6. The van der Waals surface area contributed by atoms with Crippen molar-refractivity contribution in [3.8, 4) is 11.5 Å². The summed E-state index contributed by atoms with van der Waals surface area (Å²) < 4.78 is 13.0. The zero-order valence-electron chi connectivity index (χ0n) is 16.8. The topological polar surface area (TPSA) is 72.2 Å². The number of nitrogens with one attached hydrogen (secondary N) is 2. The van der Waals surface area contributed by atoms with Crippen molar-refractivity contribution in [2.24, 2.45) is 4.99 Å². The highest BCUT2D eigenvalue weighted by Gasteiger charge is 2.08. The molecule has 0 atom stereocenters. The van der Waals surface area contributed by atoms with E-state index >= 15 is 0 Å². The van der Waals surface area contributed by atoms with Crippen molar-refractivity contribution in [3.05, 3.63) is 54.0 Å². The molecule has 0 saturated carbocycles. The van der Waals surface area contributed by atoms with E-state index in [-0.39, 0.29) is 0 Å². The number of ether oxygens (including phenoxy) is 2. The summed E-state index contributed by atoms with van der Waals surface area (Å²) in [6.07, 6.45) is 4.89. The zero-order valence-corrected chi connectivity index (χ0v) is 16.8. The predicted molar refractivity (Wildman–Crippen MR) is 113 cm³/mol. The Kier molecular flexibility index (Phi) is 6.37. The largest absolute Gasteiger partial charge is 0.493 e. The monoisotopic (exact) mass is 381 g/mol. The van der Waals surface area contributed by atoms with E-state index in [2.05, 4.69) is 39.2 Å². The SMILES string of the molecule is CCOc1cc(NC(=NC)NCCc2cn3cccc(C)c3n2)ccc1OC. The van der Waals surface area contributed by atoms with E-state index in [1.54, 1.807) is 14.2 Å². The standard InChI is InChI=1S/C21H27N5O2/c1-5-28-19-13-16(8-9-18(19)27-4)25-21(22-3)23-11-10-17-14-26-12-6-7-15(2)20(26)24-17/h6-9,12-14H,5,10-11H2,1-4H3,(H2,22,23,25). The lowest BCUT2D eigenvalue weighted by Crippen LogP contribution is -2.32. The normalized spacial score (nSPS) is 11.5. The fraction of sp³-hybridized carbons (Fsp3) is 0.333. The number of benzene rings is 1. The summed E-state index contributed by atoms with van der Waals surface area (Å²) in [6.45, 7) is 5.31. The van der Waals surface area contributed by atoms with Gasteiger partial charge in [0.2, 0.25) is 0 Å². The Balaban J connectivity index is 1.60. The summed E-state index contributed by atoms with van der Waals surface area (Å²) in [4.78, 5) is 8.99. The van der Waals surface area contributed by atoms with Gasteiger partial charge in [-0.05, 0) is 37.6 Å². The van der Waals surface area contributed by atoms with Crippen molar-refractivity contribution in [1.82, 2.24) is 14.7 Å². The fourth-order valence-electron chi connectivity index (χ4n) is 2.97. The number of rotatable bonds is 7. The molecule has 1 aromatic carbocycles. The Morgan fingerprint density at radius 2 is 2.11 bits per heavy atom. The minimum Gasteiger partial charge on any atom is -0.493 e. The third kappa shape index (κ3) is 4.54. The minimum absolute atomic E-state index is 0.575. The zero-order chi connectivity index (χ0) is 19.9. The van der Waals surface area contributed by atoms with E-state index in [0.717, 1.165) is 30.0 Å². The van der Waals surface area contributed by atoms with Gasteiger partial charge >= 0.3 is 0 Å². The second-order valence-corrected chi connectivity index (χ2v) is 6.33. The Bertz CT molecular complexity index is 965. The number of nitrogens with zero attached hydrogens (tertiary/aromatic N) is 3. The molecule has 7 heteroatoms. The number of aromatic nitrogens is 2. The summed E-state index contributed by atoms with van der Waals surface area (Å²) in [6, 6.07) is 9.81. The van der Waals surface area contributed by atoms with Gasteiger partial charge in [0, 0.05) is 44.2 Å². The molecule has 0 aliphatic carbocycles. The van der Waals surface area contributed by atoms with Crippen molar-refractivity contribution in [2.45, 2.75) is 20.3 Å². The van der Waals surface area contributed by atoms with Gasteiger partial charge in [0.25, 0.3) is 0 Å². The highest BCUT2D eigenvalue weighted by molar-refractivity contribution is 5.93. The first-order valence-electron chi connectivity index (χ1n) is 9.36. The predicted octanol–water partition coefficient (Wildman–Crippen LogP) is 3.28. The number of imidazole rings is 1. The van der Waals surface area contributed by atoms with Crippen molar-refractivity contribution in [2.75, 3.05) is 32.6 Å². The molecule has 2 heterocycles. The Labute approximate surface area is 165 Å². The number of fused-ring (bicyclic) bond motifs is 1. The van der Waals surface area contributed by atoms with Gasteiger partial charge in [-0.1, -0.05) is 6.07 Å². The van der Waals surface area contributed by atoms with Gasteiger partial charge in [-0.15, -0.1) is 0 Å². The molecule has 2 N–H and O–H groups in total. The maximum Gasteiger partial charge on any atom is 0.195 e. The van der Waals surface area contributed by atoms with Gasteiger partial charge in [0.15, 0.2) is 17.5 Å². The molecule has 0 bridgehead atoms. The summed E-state index contributed by atoms with van der Waals surface area (Å²) in [5.41, 5.74) is 4.09. The molecule has 0 amide bonds. The molecule has 0 unspecified atom stereocenters. The van der Waals surface area contributed by atoms with Crippen LogP contribution in [-0.4, -0.2) is 42.7 Å². The van der Waals surface area contributed by atoms with Crippen LogP contribution in [0, 0.1) is 6.92 Å². The maximum atomic E-state index is 5.63. The van der Waals surface area contributed by atoms with Gasteiger partial charge in [-0.2, -0.15) is 0 Å². The minimum atomic E-state index is 0.575. The summed E-state index contributed by atoms with van der Waals surface area (Å²) in [7, 11) is 3.38. The van der Waals surface area contributed by atoms with Crippen LogP contribution in [0.25, 0.3) is 5.65 Å². The van der Waals surface area contributed by atoms with Crippen LogP contribution in [0.5, 0.6) is 11.5 Å². The van der Waals surface area contributed by atoms with Gasteiger partial charge in [0.05, 0.1) is 19.4 Å². The van der Waals surface area contributed by atoms with Crippen LogP contribution < -0.4 is 20.1 Å². The molecule has 0 aliphatic heterocycles. The first-order valence-corrected chi connectivity index (χ1v) is 9.36. The summed E-state index contributed by atoms with van der Waals surface area (Å²) in [5.74, 6) is 2.09. The second kappa shape index (κ2) is 9.12. The van der Waals surface area contributed by atoms with Crippen LogP contribution >= 0.6 is 0 Å². The number of hydrogen-bond acceptors (Lipinski definition) is 4. The van der Waals surface area contributed by atoms with E-state index in [4.69, 9.17) is 14.5 Å². The first kappa shape index (κ1) is 19.5. The van der Waals surface area contributed by atoms with Crippen molar-refractivity contribution >= 4 is 17.3 Å². The highest BCUT2D eigenvalue weighted by Crippen LogP contribution is 2.30. The number of aryl methyl sites for hydroxylation is 1. The molecular weight excluding hydrogens is 354 g/mol. The van der Waals surface area contributed by atoms with Crippen LogP contribution in [0.4, 0.5) is 5.69 Å². The van der Waals surface area contributed by atoms with E-state index < -0.39 is 0 Å². The molecule has 0 fully saturated rings. The van der Waals surface area contributed by atoms with Crippen LogP contribution in [0.1, 0.15) is 18.2 Å². The maximum absolute atomic E-state index is 5.63. The van der Waals surface area contributed by atoms with Crippen molar-refractivity contribution in [3.63, 3.8) is 0 Å². The number of hydrogen-bond donors (Lipinski definition) is 2. The third-order valence-corrected chi connectivity index (χ3v) is 4.35. The Hall–Kier alpha value is -3.22. The van der Waals surface area contributed by atoms with E-state index in [1.807, 2.05) is 37.4 Å². The third-order valence-electron chi connectivity index (χ3n) is 4.35. The number of anilines is 1. The summed E-state index contributed by atoms with van der Waals surface area (Å²) >= 11 is 0. The average Bonchev–Trinajstić information content (AvgIpc) is 3.12. The fourth-order valence-corrected chi connectivity index (χ4v) is 2.97. The molecular formula is C21H27N5O2. The van der Waals surface area contributed by atoms with Crippen LogP contribution in [-0.2, 0) is 6.42 Å². The quantitative estimate of drug-likeness (QED) is 0.485. The molecule has 0 radical (unpaired) electrons. The molecule has 0 spiro atoms. The highest BCUT2D eigenvalue weighted by atomic mass is 16.5. The van der Waals surface area contributed by atoms with Crippen molar-refractivity contribution < 1.29 is 9.47 Å². The molecule has 28 heavy (non-hydrogen) atoms. The number of pyridine rings is 1. The lowest BCUT2D eigenvalue weighted by Gasteiger charge is -2.14. The molecule has 3 aromatic rings. The van der Waals surface area contributed by atoms with E-state index in [1.165, 1.54) is 5.56 Å². The number of guanidine groups is 1. The molecule has 0 aliphatic rings. The van der Waals surface area contributed by atoms with E-state index in [0.29, 0.717) is 24.1 Å². The smallest absolute Gasteiger partial charge is 0.195 e. The Morgan fingerprint density at radius 1 is 1.25 bits per heavy atom. The van der Waals surface area contributed by atoms with E-state index in [9.17, 15) is 0 Å². The summed E-state index contributed by atoms with van der Waals surface area (Å²) in [5, 5.41) is 6.60. The molecule has 3 rings (SSSR count). The van der Waals surface area contributed by atoms with Crippen LogP contribution in [0.2, 0.25) is 0 Å². The average molecular weight is 381 g/mol. The Morgan fingerprint density at radius 3 is 2.82 bits per heavy atom. The van der Waals surface area contributed by atoms with Gasteiger partial charge in [-0.25, -0.2) is 4.98 Å². The second-order valence-electron chi connectivity index (χ2n) is 6.33. The van der Waals surface area contributed by atoms with Crippen LogP contribution in [0.3, 0.4) is 0 Å². The lowest BCUT2D eigenvalue weighted by atomic mass is 10.2. The van der Waals surface area contributed by atoms with Crippen LogP contribution in [0.15, 0.2) is 47.7 Å². The molecule has 2 aromatic heterocycles.